The molecule has 0 bridgehead atoms. The van der Waals surface area contributed by atoms with Crippen LogP contribution in [0.1, 0.15) is 0 Å². The number of methoxy groups -OCH3 is 2. The smallest absolute Gasteiger partial charge is 0.249 e. The lowest BCUT2D eigenvalue weighted by atomic mass is 10.1. The van der Waals surface area contributed by atoms with Gasteiger partial charge in [-0.3, -0.25) is 0 Å². The van der Waals surface area contributed by atoms with Gasteiger partial charge in [-0.15, -0.1) is 11.3 Å². The fraction of sp³-hybridized carbons (Fsp3) is 0.286. The molecule has 1 aliphatic rings. The van der Waals surface area contributed by atoms with Gasteiger partial charge < -0.3 is 14.4 Å². The van der Waals surface area contributed by atoms with Crippen molar-refractivity contribution in [3.8, 4) is 22.8 Å². The van der Waals surface area contributed by atoms with E-state index in [4.69, 9.17) is 9.47 Å². The first kappa shape index (κ1) is 25.1. The fourth-order valence-corrected chi connectivity index (χ4v) is 5.98. The number of rotatable bonds is 6. The van der Waals surface area contributed by atoms with Gasteiger partial charge in [0.15, 0.2) is 33.3 Å². The predicted octanol–water partition coefficient (Wildman–Crippen LogP) is 4.03. The molecule has 0 unspecified atom stereocenters. The van der Waals surface area contributed by atoms with Gasteiger partial charge in [0, 0.05) is 43.2 Å². The summed E-state index contributed by atoms with van der Waals surface area (Å²) in [5, 5.41) is 2.36. The van der Waals surface area contributed by atoms with E-state index in [0.717, 1.165) is 5.56 Å². The number of thiazole rings is 1. The summed E-state index contributed by atoms with van der Waals surface area (Å²) in [5.41, 5.74) is 1.36. The van der Waals surface area contributed by atoms with Crippen LogP contribution < -0.4 is 14.4 Å². The largest absolute Gasteiger partial charge is 0.497 e. The first-order chi connectivity index (χ1) is 16.6. The van der Waals surface area contributed by atoms with Gasteiger partial charge in [0.2, 0.25) is 15.8 Å². The van der Waals surface area contributed by atoms with Crippen LogP contribution in [0.2, 0.25) is 0 Å². The molecule has 1 aliphatic heterocycles. The zero-order chi connectivity index (χ0) is 25.5. The fourth-order valence-electron chi connectivity index (χ4n) is 3.56. The Labute approximate surface area is 201 Å². The van der Waals surface area contributed by atoms with E-state index < -0.39 is 44.0 Å². The Morgan fingerprint density at radius 3 is 1.86 bits per heavy atom. The van der Waals surface area contributed by atoms with Crippen LogP contribution in [-0.4, -0.2) is 58.1 Å². The highest BCUT2D eigenvalue weighted by atomic mass is 32.2. The molecule has 1 aromatic heterocycles. The molecular formula is C21H18F5N3O4S2. The van der Waals surface area contributed by atoms with Crippen molar-refractivity contribution in [1.29, 1.82) is 0 Å². The summed E-state index contributed by atoms with van der Waals surface area (Å²) in [5.74, 6) is -10.7. The van der Waals surface area contributed by atoms with Crippen molar-refractivity contribution in [3.05, 3.63) is 52.7 Å². The van der Waals surface area contributed by atoms with Gasteiger partial charge in [-0.2, -0.15) is 4.31 Å². The number of nitrogens with zero attached hydrogens (tertiary/aromatic N) is 3. The maximum atomic E-state index is 14.1. The third-order valence-electron chi connectivity index (χ3n) is 5.42. The standard InChI is InChI=1S/C21H18F5N3O4S2/c1-32-12-7-11(8-13(9-12)33-2)14-10-34-21(27-14)28-3-5-29(6-4-28)35(30,31)20-18(25)16(23)15(22)17(24)19(20)26/h7-10H,3-6H2,1-2H3. The Balaban J connectivity index is 1.53. The van der Waals surface area contributed by atoms with Gasteiger partial charge in [0.05, 0.1) is 19.9 Å². The predicted molar refractivity (Wildman–Crippen MR) is 118 cm³/mol. The molecule has 2 aromatic carbocycles. The molecule has 14 heteroatoms. The molecule has 1 saturated heterocycles. The maximum absolute atomic E-state index is 14.1. The van der Waals surface area contributed by atoms with E-state index in [9.17, 15) is 30.4 Å². The summed E-state index contributed by atoms with van der Waals surface area (Å²) >= 11 is 1.30. The third kappa shape index (κ3) is 4.52. The monoisotopic (exact) mass is 535 g/mol. The minimum absolute atomic E-state index is 0.0863. The van der Waals surface area contributed by atoms with E-state index in [0.29, 0.717) is 26.6 Å². The molecule has 188 valence electrons. The number of piperazine rings is 1. The topological polar surface area (TPSA) is 72.0 Å². The highest BCUT2D eigenvalue weighted by molar-refractivity contribution is 7.89. The van der Waals surface area contributed by atoms with Crippen LogP contribution in [0.3, 0.4) is 0 Å². The maximum Gasteiger partial charge on any atom is 0.249 e. The van der Waals surface area contributed by atoms with Gasteiger partial charge in [-0.05, 0) is 12.1 Å². The van der Waals surface area contributed by atoms with Crippen LogP contribution in [0, 0.1) is 29.1 Å². The zero-order valence-electron chi connectivity index (χ0n) is 18.3. The molecule has 7 nitrogen and oxygen atoms in total. The SMILES string of the molecule is COc1cc(OC)cc(-c2csc(N3CCN(S(=O)(=O)c4c(F)c(F)c(F)c(F)c4F)CC3)n2)c1. The van der Waals surface area contributed by atoms with Crippen molar-refractivity contribution >= 4 is 26.5 Å². The molecule has 0 saturated carbocycles. The van der Waals surface area contributed by atoms with Crippen molar-refractivity contribution in [1.82, 2.24) is 9.29 Å². The second-order valence-corrected chi connectivity index (χ2v) is 10.1. The van der Waals surface area contributed by atoms with E-state index in [-0.39, 0.29) is 26.2 Å². The minimum atomic E-state index is -4.98. The number of hydrogen-bond acceptors (Lipinski definition) is 7. The second-order valence-electron chi connectivity index (χ2n) is 7.41. The number of anilines is 1. The number of ether oxygens (including phenoxy) is 2. The van der Waals surface area contributed by atoms with Crippen molar-refractivity contribution < 1.29 is 39.8 Å². The highest BCUT2D eigenvalue weighted by Crippen LogP contribution is 2.34. The van der Waals surface area contributed by atoms with Crippen LogP contribution in [0.15, 0.2) is 28.5 Å². The molecule has 1 fully saturated rings. The molecule has 0 aliphatic carbocycles. The number of benzene rings is 2. The Kier molecular flexibility index (Phi) is 6.88. The molecule has 4 rings (SSSR count). The molecular weight excluding hydrogens is 517 g/mol. The van der Waals surface area contributed by atoms with E-state index in [1.165, 1.54) is 25.6 Å². The first-order valence-electron chi connectivity index (χ1n) is 10.0. The normalized spacial score (nSPS) is 14.9. The lowest BCUT2D eigenvalue weighted by molar-refractivity contribution is 0.344. The van der Waals surface area contributed by atoms with Crippen molar-refractivity contribution in [2.24, 2.45) is 0 Å². The average Bonchev–Trinajstić information content (AvgIpc) is 3.36. The number of hydrogen-bond donors (Lipinski definition) is 0. The summed E-state index contributed by atoms with van der Waals surface area (Å²) in [4.78, 5) is 4.47. The molecule has 2 heterocycles. The van der Waals surface area contributed by atoms with Crippen molar-refractivity contribution in [2.45, 2.75) is 4.90 Å². The van der Waals surface area contributed by atoms with Gasteiger partial charge in [-0.1, -0.05) is 0 Å². The molecule has 0 amide bonds. The quantitative estimate of drug-likeness (QED) is 0.270. The number of sulfonamides is 1. The summed E-state index contributed by atoms with van der Waals surface area (Å²) in [6.45, 7) is -0.320. The zero-order valence-corrected chi connectivity index (χ0v) is 20.0. The average molecular weight is 536 g/mol. The summed E-state index contributed by atoms with van der Waals surface area (Å²) < 4.78 is 105. The second kappa shape index (κ2) is 9.59. The lowest BCUT2D eigenvalue weighted by Gasteiger charge is -2.33. The minimum Gasteiger partial charge on any atom is -0.497 e. The number of halogens is 5. The van der Waals surface area contributed by atoms with Gasteiger partial charge >= 0.3 is 0 Å². The van der Waals surface area contributed by atoms with Crippen molar-refractivity contribution in [2.75, 3.05) is 45.3 Å². The molecule has 3 aromatic rings. The third-order valence-corrected chi connectivity index (χ3v) is 8.24. The van der Waals surface area contributed by atoms with Crippen LogP contribution in [-0.2, 0) is 10.0 Å². The van der Waals surface area contributed by atoms with Gasteiger partial charge in [-0.25, -0.2) is 35.4 Å². The lowest BCUT2D eigenvalue weighted by Crippen LogP contribution is -2.49. The van der Waals surface area contributed by atoms with E-state index >= 15 is 0 Å². The highest BCUT2D eigenvalue weighted by Gasteiger charge is 2.38. The molecule has 0 spiro atoms. The Morgan fingerprint density at radius 1 is 0.829 bits per heavy atom. The van der Waals surface area contributed by atoms with Crippen LogP contribution in [0.25, 0.3) is 11.3 Å². The van der Waals surface area contributed by atoms with E-state index in [1.54, 1.807) is 28.5 Å². The van der Waals surface area contributed by atoms with Gasteiger partial charge in [0.25, 0.3) is 0 Å². The number of aromatic nitrogens is 1. The molecule has 35 heavy (non-hydrogen) atoms. The molecule has 0 N–H and O–H groups in total. The Hall–Kier alpha value is -2.97. The van der Waals surface area contributed by atoms with Crippen LogP contribution >= 0.6 is 11.3 Å². The molecule has 0 atom stereocenters. The summed E-state index contributed by atoms with van der Waals surface area (Å²) in [6.07, 6.45) is 0. The van der Waals surface area contributed by atoms with Crippen molar-refractivity contribution in [3.63, 3.8) is 0 Å². The van der Waals surface area contributed by atoms with E-state index in [1.807, 2.05) is 0 Å². The van der Waals surface area contributed by atoms with Crippen LogP contribution in [0.4, 0.5) is 27.1 Å². The van der Waals surface area contributed by atoms with Crippen LogP contribution in [0.5, 0.6) is 11.5 Å². The summed E-state index contributed by atoms with van der Waals surface area (Å²) in [7, 11) is -1.94. The molecule has 0 radical (unpaired) electrons. The first-order valence-corrected chi connectivity index (χ1v) is 12.4. The van der Waals surface area contributed by atoms with E-state index in [2.05, 4.69) is 4.98 Å². The Morgan fingerprint density at radius 2 is 1.34 bits per heavy atom. The van der Waals surface area contributed by atoms with Gasteiger partial charge in [0.1, 0.15) is 11.5 Å². The summed E-state index contributed by atoms with van der Waals surface area (Å²) in [6, 6.07) is 5.26. The Bertz CT molecular complexity index is 1320.